The summed E-state index contributed by atoms with van der Waals surface area (Å²) in [5, 5.41) is 11.9. The highest BCUT2D eigenvalue weighted by Gasteiger charge is 2.35. The minimum absolute atomic E-state index is 0.0271. The molecule has 1 fully saturated rings. The molecule has 0 N–H and O–H groups in total. The van der Waals surface area contributed by atoms with Crippen LogP contribution in [0.2, 0.25) is 0 Å². The molecule has 0 aliphatic carbocycles. The Morgan fingerprint density at radius 1 is 1.19 bits per heavy atom. The Labute approximate surface area is 150 Å². The summed E-state index contributed by atoms with van der Waals surface area (Å²) in [6.45, 7) is 3.99. The molecule has 4 heterocycles. The molecule has 26 heavy (non-hydrogen) atoms. The van der Waals surface area contributed by atoms with Crippen molar-refractivity contribution in [2.45, 2.75) is 37.5 Å². The van der Waals surface area contributed by atoms with Crippen LogP contribution in [-0.2, 0) is 10.0 Å². The number of hydrogen-bond donors (Lipinski definition) is 0. The fourth-order valence-corrected chi connectivity index (χ4v) is 4.98. The van der Waals surface area contributed by atoms with Crippen molar-refractivity contribution in [1.29, 1.82) is 0 Å². The second-order valence-corrected chi connectivity index (χ2v) is 8.16. The van der Waals surface area contributed by atoms with Crippen LogP contribution < -0.4 is 0 Å². The molecule has 1 aliphatic rings. The van der Waals surface area contributed by atoms with Gasteiger partial charge in [-0.25, -0.2) is 8.42 Å². The SMILES string of the molecule is Cc1noc(C)c1S(=O)(=O)N1CCC(c2nnc(-c3ccoc3)o2)CC1. The maximum absolute atomic E-state index is 12.9. The zero-order valence-corrected chi connectivity index (χ0v) is 15.2. The van der Waals surface area contributed by atoms with Gasteiger partial charge in [0, 0.05) is 19.0 Å². The fraction of sp³-hybridized carbons (Fsp3) is 0.438. The van der Waals surface area contributed by atoms with Crippen LogP contribution in [0.1, 0.15) is 36.1 Å². The van der Waals surface area contributed by atoms with Gasteiger partial charge in [-0.1, -0.05) is 5.16 Å². The molecule has 1 saturated heterocycles. The molecule has 1 aliphatic heterocycles. The Hall–Kier alpha value is -2.46. The van der Waals surface area contributed by atoms with Crippen molar-refractivity contribution in [3.63, 3.8) is 0 Å². The average molecular weight is 378 g/mol. The first-order valence-electron chi connectivity index (χ1n) is 8.26. The molecule has 9 nitrogen and oxygen atoms in total. The molecule has 0 unspecified atom stereocenters. The van der Waals surface area contributed by atoms with Crippen LogP contribution in [0.3, 0.4) is 0 Å². The van der Waals surface area contributed by atoms with Gasteiger partial charge in [0.1, 0.15) is 16.9 Å². The van der Waals surface area contributed by atoms with E-state index in [1.54, 1.807) is 19.9 Å². The summed E-state index contributed by atoms with van der Waals surface area (Å²) in [5.41, 5.74) is 1.11. The van der Waals surface area contributed by atoms with Gasteiger partial charge < -0.3 is 13.4 Å². The van der Waals surface area contributed by atoms with E-state index in [2.05, 4.69) is 15.4 Å². The van der Waals surface area contributed by atoms with E-state index < -0.39 is 10.0 Å². The van der Waals surface area contributed by atoms with Gasteiger partial charge >= 0.3 is 0 Å². The first kappa shape index (κ1) is 17.0. The van der Waals surface area contributed by atoms with E-state index in [0.29, 0.717) is 49.2 Å². The summed E-state index contributed by atoms with van der Waals surface area (Å²) >= 11 is 0. The van der Waals surface area contributed by atoms with Gasteiger partial charge in [0.15, 0.2) is 5.76 Å². The number of piperidine rings is 1. The lowest BCUT2D eigenvalue weighted by molar-refractivity contribution is 0.291. The van der Waals surface area contributed by atoms with Crippen molar-refractivity contribution in [1.82, 2.24) is 19.7 Å². The van der Waals surface area contributed by atoms with Gasteiger partial charge in [-0.15, -0.1) is 10.2 Å². The lowest BCUT2D eigenvalue weighted by Crippen LogP contribution is -2.38. The van der Waals surface area contributed by atoms with E-state index in [0.717, 1.165) is 5.56 Å². The zero-order chi connectivity index (χ0) is 18.3. The van der Waals surface area contributed by atoms with Crippen molar-refractivity contribution in [2.24, 2.45) is 0 Å². The molecule has 138 valence electrons. The second kappa shape index (κ2) is 6.36. The Kier molecular flexibility index (Phi) is 4.16. The summed E-state index contributed by atoms with van der Waals surface area (Å²) in [6.07, 6.45) is 4.29. The van der Waals surface area contributed by atoms with Gasteiger partial charge in [0.05, 0.1) is 11.8 Å². The highest BCUT2D eigenvalue weighted by Crippen LogP contribution is 2.32. The van der Waals surface area contributed by atoms with Crippen LogP contribution in [0.25, 0.3) is 11.5 Å². The number of hydrogen-bond acceptors (Lipinski definition) is 8. The van der Waals surface area contributed by atoms with Crippen LogP contribution in [-0.4, -0.2) is 41.2 Å². The molecule has 0 aromatic carbocycles. The average Bonchev–Trinajstić information content (AvgIpc) is 3.35. The zero-order valence-electron chi connectivity index (χ0n) is 14.4. The molecule has 10 heteroatoms. The minimum Gasteiger partial charge on any atom is -0.472 e. The molecule has 0 atom stereocenters. The first-order valence-corrected chi connectivity index (χ1v) is 9.70. The third kappa shape index (κ3) is 2.84. The second-order valence-electron chi connectivity index (χ2n) is 6.29. The number of rotatable bonds is 4. The Bertz CT molecular complexity index is 978. The quantitative estimate of drug-likeness (QED) is 0.680. The lowest BCUT2D eigenvalue weighted by Gasteiger charge is -2.29. The van der Waals surface area contributed by atoms with Crippen molar-refractivity contribution in [2.75, 3.05) is 13.1 Å². The maximum Gasteiger partial charge on any atom is 0.250 e. The number of aromatic nitrogens is 3. The lowest BCUT2D eigenvalue weighted by atomic mass is 9.98. The van der Waals surface area contributed by atoms with E-state index in [1.165, 1.54) is 16.8 Å². The van der Waals surface area contributed by atoms with Gasteiger partial charge in [-0.05, 0) is 32.8 Å². The van der Waals surface area contributed by atoms with Crippen LogP contribution in [0.4, 0.5) is 0 Å². The van der Waals surface area contributed by atoms with Crippen molar-refractivity contribution in [3.8, 4) is 11.5 Å². The number of furan rings is 1. The Balaban J connectivity index is 1.48. The molecule has 0 radical (unpaired) electrons. The van der Waals surface area contributed by atoms with Gasteiger partial charge in [-0.2, -0.15) is 4.31 Å². The number of nitrogens with zero attached hydrogens (tertiary/aromatic N) is 4. The molecule has 0 spiro atoms. The van der Waals surface area contributed by atoms with E-state index in [-0.39, 0.29) is 10.8 Å². The Morgan fingerprint density at radius 2 is 1.96 bits per heavy atom. The van der Waals surface area contributed by atoms with Crippen LogP contribution in [0.5, 0.6) is 0 Å². The fourth-order valence-electron chi connectivity index (χ4n) is 3.22. The van der Waals surface area contributed by atoms with Crippen molar-refractivity contribution in [3.05, 3.63) is 35.9 Å². The summed E-state index contributed by atoms with van der Waals surface area (Å²) in [7, 11) is -3.62. The van der Waals surface area contributed by atoms with E-state index in [1.807, 2.05) is 0 Å². The predicted molar refractivity (Wildman–Crippen MR) is 88.7 cm³/mol. The van der Waals surface area contributed by atoms with Crippen LogP contribution in [0.15, 0.2) is 36.8 Å². The summed E-state index contributed by atoms with van der Waals surface area (Å²) in [4.78, 5) is 0.163. The van der Waals surface area contributed by atoms with E-state index >= 15 is 0 Å². The molecule has 0 saturated carbocycles. The van der Waals surface area contributed by atoms with Gasteiger partial charge in [0.2, 0.25) is 15.9 Å². The highest BCUT2D eigenvalue weighted by molar-refractivity contribution is 7.89. The normalized spacial score (nSPS) is 17.0. The minimum atomic E-state index is -3.62. The smallest absolute Gasteiger partial charge is 0.250 e. The molecule has 0 bridgehead atoms. The highest BCUT2D eigenvalue weighted by atomic mass is 32.2. The largest absolute Gasteiger partial charge is 0.472 e. The summed E-state index contributed by atoms with van der Waals surface area (Å²) < 4.78 is 42.9. The van der Waals surface area contributed by atoms with Gasteiger partial charge in [-0.3, -0.25) is 0 Å². The third-order valence-corrected chi connectivity index (χ3v) is 6.72. The van der Waals surface area contributed by atoms with Crippen molar-refractivity contribution >= 4 is 10.0 Å². The molecule has 4 rings (SSSR count). The van der Waals surface area contributed by atoms with Crippen molar-refractivity contribution < 1.29 is 21.8 Å². The van der Waals surface area contributed by atoms with Crippen LogP contribution >= 0.6 is 0 Å². The third-order valence-electron chi connectivity index (χ3n) is 4.58. The molecule has 3 aromatic heterocycles. The topological polar surface area (TPSA) is 115 Å². The first-order chi connectivity index (χ1) is 12.5. The van der Waals surface area contributed by atoms with Gasteiger partial charge in [0.25, 0.3) is 5.89 Å². The number of sulfonamides is 1. The molecule has 3 aromatic rings. The van der Waals surface area contributed by atoms with E-state index in [9.17, 15) is 8.42 Å². The maximum atomic E-state index is 12.9. The molecular weight excluding hydrogens is 360 g/mol. The number of aryl methyl sites for hydroxylation is 2. The predicted octanol–water partition coefficient (Wildman–Crippen LogP) is 2.50. The summed E-state index contributed by atoms with van der Waals surface area (Å²) in [5.74, 6) is 1.26. The summed E-state index contributed by atoms with van der Waals surface area (Å²) in [6, 6.07) is 1.75. The van der Waals surface area contributed by atoms with E-state index in [4.69, 9.17) is 13.4 Å². The standard InChI is InChI=1S/C16H18N4O5S/c1-10-14(11(2)25-19-10)26(21,22)20-6-3-12(4-7-20)15-17-18-16(24-15)13-5-8-23-9-13/h5,8-9,12H,3-4,6-7H2,1-2H3. The Morgan fingerprint density at radius 3 is 2.58 bits per heavy atom. The monoisotopic (exact) mass is 378 g/mol. The molecule has 0 amide bonds. The molecular formula is C16H18N4O5S. The van der Waals surface area contributed by atoms with Crippen LogP contribution in [0, 0.1) is 13.8 Å².